The summed E-state index contributed by atoms with van der Waals surface area (Å²) in [5, 5.41) is 0. The normalized spacial score (nSPS) is 13.3. The number of amides is 2. The van der Waals surface area contributed by atoms with Crippen LogP contribution in [0.3, 0.4) is 0 Å². The number of ether oxygens (including phenoxy) is 1. The maximum absolute atomic E-state index is 12.2. The van der Waals surface area contributed by atoms with Gasteiger partial charge in [-0.25, -0.2) is 4.90 Å². The second kappa shape index (κ2) is 8.00. The highest BCUT2D eigenvalue weighted by molar-refractivity contribution is 6.28. The van der Waals surface area contributed by atoms with Crippen molar-refractivity contribution in [2.24, 2.45) is 0 Å². The Bertz CT molecular complexity index is 812. The van der Waals surface area contributed by atoms with E-state index in [4.69, 9.17) is 4.74 Å². The largest absolute Gasteiger partial charge is 0.489 e. The second-order valence-electron chi connectivity index (χ2n) is 6.95. The summed E-state index contributed by atoms with van der Waals surface area (Å²) in [6.07, 6.45) is 3.78. The van der Waals surface area contributed by atoms with Crippen molar-refractivity contribution >= 4 is 17.5 Å². The summed E-state index contributed by atoms with van der Waals surface area (Å²) in [5.41, 5.74) is 5.18. The lowest BCUT2D eigenvalue weighted by atomic mass is 9.97. The lowest BCUT2D eigenvalue weighted by Gasteiger charge is -2.22. The summed E-state index contributed by atoms with van der Waals surface area (Å²) in [6, 6.07) is 3.74. The van der Waals surface area contributed by atoms with Gasteiger partial charge in [0, 0.05) is 18.2 Å². The Kier molecular flexibility index (Phi) is 5.98. The quantitative estimate of drug-likeness (QED) is 0.518. The van der Waals surface area contributed by atoms with Gasteiger partial charge in [-0.1, -0.05) is 30.9 Å². The predicted molar refractivity (Wildman–Crippen MR) is 105 cm³/mol. The van der Waals surface area contributed by atoms with E-state index in [1.54, 1.807) is 6.07 Å². The number of nitrogens with zero attached hydrogens (tertiary/aromatic N) is 1. The molecule has 1 aliphatic rings. The van der Waals surface area contributed by atoms with Crippen molar-refractivity contribution in [2.45, 2.75) is 33.6 Å². The molecule has 2 amide bonds. The predicted octanol–water partition coefficient (Wildman–Crippen LogP) is 4.31. The highest BCUT2D eigenvalue weighted by atomic mass is 16.5. The van der Waals surface area contributed by atoms with Crippen LogP contribution < -0.4 is 9.64 Å². The number of benzene rings is 1. The van der Waals surface area contributed by atoms with Gasteiger partial charge in [-0.2, -0.15) is 0 Å². The molecule has 0 radical (unpaired) electrons. The average molecular weight is 351 g/mol. The summed E-state index contributed by atoms with van der Waals surface area (Å²) >= 11 is 0. The van der Waals surface area contributed by atoms with E-state index in [0.717, 1.165) is 27.8 Å². The van der Waals surface area contributed by atoms with Crippen LogP contribution in [-0.4, -0.2) is 18.4 Å². The summed E-state index contributed by atoms with van der Waals surface area (Å²) in [7, 11) is 0. The number of hydrogen-bond acceptors (Lipinski definition) is 3. The van der Waals surface area contributed by atoms with E-state index in [1.807, 2.05) is 26.8 Å². The van der Waals surface area contributed by atoms with E-state index in [1.165, 1.54) is 17.1 Å². The van der Waals surface area contributed by atoms with Crippen molar-refractivity contribution in [2.75, 3.05) is 11.5 Å². The summed E-state index contributed by atoms with van der Waals surface area (Å²) in [4.78, 5) is 25.6. The first kappa shape index (κ1) is 19.4. The highest BCUT2D eigenvalue weighted by Gasteiger charge is 2.28. The molecule has 0 saturated heterocycles. The van der Waals surface area contributed by atoms with Gasteiger partial charge in [0.15, 0.2) is 0 Å². The Balaban J connectivity index is 2.58. The monoisotopic (exact) mass is 351 g/mol. The van der Waals surface area contributed by atoms with Crippen LogP contribution in [-0.2, 0) is 22.4 Å². The highest BCUT2D eigenvalue weighted by Crippen LogP contribution is 2.34. The van der Waals surface area contributed by atoms with Crippen molar-refractivity contribution in [3.63, 3.8) is 0 Å². The third kappa shape index (κ3) is 4.60. The Morgan fingerprint density at radius 3 is 1.92 bits per heavy atom. The number of carbonyl (C=O) groups excluding carboxylic acids is 2. The lowest BCUT2D eigenvalue weighted by Crippen LogP contribution is -2.30. The zero-order valence-corrected chi connectivity index (χ0v) is 15.7. The standard InChI is InChI=1S/C22H25NO3/c1-14(2)9-17-11-18(10-15(3)4)20(26-13-16(5)6)12-19(17)23-21(24)7-8-22(23)25/h7-8,11-12H,1,3,5,9-10,13H2,2,4,6H3. The first-order valence-electron chi connectivity index (χ1n) is 8.47. The van der Waals surface area contributed by atoms with E-state index >= 15 is 0 Å². The molecule has 0 N–H and O–H groups in total. The lowest BCUT2D eigenvalue weighted by molar-refractivity contribution is -0.120. The van der Waals surface area contributed by atoms with Crippen molar-refractivity contribution in [1.29, 1.82) is 0 Å². The van der Waals surface area contributed by atoms with Crippen LogP contribution in [0.5, 0.6) is 5.75 Å². The van der Waals surface area contributed by atoms with Gasteiger partial charge in [-0.3, -0.25) is 9.59 Å². The van der Waals surface area contributed by atoms with Crippen molar-refractivity contribution in [3.8, 4) is 5.75 Å². The maximum atomic E-state index is 12.2. The number of allylic oxidation sites excluding steroid dienone is 2. The van der Waals surface area contributed by atoms with E-state index in [-0.39, 0.29) is 11.8 Å². The molecule has 1 aromatic carbocycles. The third-order valence-corrected chi connectivity index (χ3v) is 3.77. The Labute approximate surface area is 155 Å². The molecule has 1 aliphatic heterocycles. The fourth-order valence-electron chi connectivity index (χ4n) is 2.78. The topological polar surface area (TPSA) is 46.6 Å². The van der Waals surface area contributed by atoms with E-state index < -0.39 is 0 Å². The minimum atomic E-state index is -0.350. The molecule has 2 rings (SSSR count). The molecule has 0 saturated carbocycles. The molecule has 0 unspecified atom stereocenters. The number of imide groups is 1. The van der Waals surface area contributed by atoms with Gasteiger partial charge < -0.3 is 4.74 Å². The van der Waals surface area contributed by atoms with E-state index in [2.05, 4.69) is 19.7 Å². The number of carbonyl (C=O) groups is 2. The van der Waals surface area contributed by atoms with Crippen LogP contribution in [0.15, 0.2) is 60.7 Å². The Hall–Kier alpha value is -2.88. The average Bonchev–Trinajstić information content (AvgIpc) is 2.84. The van der Waals surface area contributed by atoms with Crippen LogP contribution in [0.2, 0.25) is 0 Å². The zero-order chi connectivity index (χ0) is 19.4. The third-order valence-electron chi connectivity index (χ3n) is 3.77. The molecule has 0 aliphatic carbocycles. The van der Waals surface area contributed by atoms with Crippen LogP contribution in [0.4, 0.5) is 5.69 Å². The van der Waals surface area contributed by atoms with Gasteiger partial charge in [0.25, 0.3) is 11.8 Å². The van der Waals surface area contributed by atoms with Crippen LogP contribution in [0.1, 0.15) is 31.9 Å². The SMILES string of the molecule is C=C(C)COc1cc(N2C(=O)C=CC2=O)c(CC(=C)C)cc1CC(=C)C. The van der Waals surface area contributed by atoms with Gasteiger partial charge in [0.1, 0.15) is 12.4 Å². The van der Waals surface area contributed by atoms with Crippen molar-refractivity contribution in [3.05, 3.63) is 71.9 Å². The Morgan fingerprint density at radius 1 is 0.885 bits per heavy atom. The summed E-state index contributed by atoms with van der Waals surface area (Å²) < 4.78 is 5.90. The molecule has 26 heavy (non-hydrogen) atoms. The molecule has 0 atom stereocenters. The van der Waals surface area contributed by atoms with Crippen molar-refractivity contribution in [1.82, 2.24) is 0 Å². The first-order chi connectivity index (χ1) is 12.2. The minimum Gasteiger partial charge on any atom is -0.489 e. The summed E-state index contributed by atoms with van der Waals surface area (Å²) in [5.74, 6) is -0.0723. The molecule has 4 nitrogen and oxygen atoms in total. The molecule has 136 valence electrons. The van der Waals surface area contributed by atoms with Crippen molar-refractivity contribution < 1.29 is 14.3 Å². The fraction of sp³-hybridized carbons (Fsp3) is 0.273. The van der Waals surface area contributed by atoms with Gasteiger partial charge in [-0.05, 0) is 56.4 Å². The fourth-order valence-corrected chi connectivity index (χ4v) is 2.78. The number of rotatable bonds is 8. The minimum absolute atomic E-state index is 0.350. The van der Waals surface area contributed by atoms with Crippen LogP contribution >= 0.6 is 0 Å². The zero-order valence-electron chi connectivity index (χ0n) is 15.7. The number of hydrogen-bond donors (Lipinski definition) is 0. The maximum Gasteiger partial charge on any atom is 0.258 e. The van der Waals surface area contributed by atoms with E-state index in [9.17, 15) is 9.59 Å². The van der Waals surface area contributed by atoms with Gasteiger partial charge in [0.05, 0.1) is 5.69 Å². The summed E-state index contributed by atoms with van der Waals surface area (Å²) in [6.45, 7) is 17.9. The first-order valence-corrected chi connectivity index (χ1v) is 8.47. The van der Waals surface area contributed by atoms with Gasteiger partial charge in [-0.15, -0.1) is 0 Å². The molecule has 1 heterocycles. The van der Waals surface area contributed by atoms with Crippen LogP contribution in [0, 0.1) is 0 Å². The van der Waals surface area contributed by atoms with Crippen LogP contribution in [0.25, 0.3) is 0 Å². The molecule has 0 aromatic heterocycles. The van der Waals surface area contributed by atoms with Gasteiger partial charge >= 0.3 is 0 Å². The molecule has 0 fully saturated rings. The molecular weight excluding hydrogens is 326 g/mol. The van der Waals surface area contributed by atoms with E-state index in [0.29, 0.717) is 30.9 Å². The smallest absolute Gasteiger partial charge is 0.258 e. The molecular formula is C22H25NO3. The molecule has 0 bridgehead atoms. The molecule has 1 aromatic rings. The Morgan fingerprint density at radius 2 is 1.42 bits per heavy atom. The molecule has 4 heteroatoms. The molecule has 0 spiro atoms. The second-order valence-corrected chi connectivity index (χ2v) is 6.95. The number of anilines is 1. The van der Waals surface area contributed by atoms with Gasteiger partial charge in [0.2, 0.25) is 0 Å².